The third-order valence-corrected chi connectivity index (χ3v) is 4.21. The Morgan fingerprint density at radius 2 is 1.24 bits per heavy atom. The first-order chi connectivity index (χ1) is 10.3. The molecule has 0 aliphatic heterocycles. The molecule has 0 radical (unpaired) electrons. The molecule has 4 aromatic carbocycles. The van der Waals surface area contributed by atoms with Crippen LogP contribution in [0.15, 0.2) is 78.9 Å². The van der Waals surface area contributed by atoms with Crippen molar-refractivity contribution in [2.24, 2.45) is 0 Å². The molecule has 100 valence electrons. The zero-order valence-corrected chi connectivity index (χ0v) is 12.1. The predicted octanol–water partition coefficient (Wildman–Crippen LogP) is 6.31. The van der Waals surface area contributed by atoms with E-state index in [-0.39, 0.29) is 0 Å². The van der Waals surface area contributed by atoms with E-state index < -0.39 is 0 Å². The molecule has 0 bridgehead atoms. The molecule has 0 unspecified atom stereocenters. The first-order valence-electron chi connectivity index (χ1n) is 6.99. The first kappa shape index (κ1) is 12.4. The molecule has 0 aliphatic rings. The Hall–Kier alpha value is -2.31. The molecular weight excluding hydrogens is 276 g/mol. The van der Waals surface area contributed by atoms with Crippen LogP contribution in [-0.2, 0) is 0 Å². The van der Waals surface area contributed by atoms with Gasteiger partial charge in [0.05, 0.1) is 0 Å². The summed E-state index contributed by atoms with van der Waals surface area (Å²) >= 11 is 6.49. The molecule has 1 heteroatoms. The summed E-state index contributed by atoms with van der Waals surface area (Å²) in [6.45, 7) is 0. The van der Waals surface area contributed by atoms with Crippen molar-refractivity contribution in [1.82, 2.24) is 0 Å². The van der Waals surface area contributed by atoms with Gasteiger partial charge >= 0.3 is 0 Å². The van der Waals surface area contributed by atoms with Gasteiger partial charge in [-0.25, -0.2) is 0 Å². The van der Waals surface area contributed by atoms with Crippen molar-refractivity contribution in [2.75, 3.05) is 0 Å². The van der Waals surface area contributed by atoms with Crippen molar-refractivity contribution in [3.05, 3.63) is 83.9 Å². The van der Waals surface area contributed by atoms with Gasteiger partial charge in [0, 0.05) is 10.6 Å². The van der Waals surface area contributed by atoms with Crippen molar-refractivity contribution >= 4 is 33.1 Å². The molecule has 0 spiro atoms. The van der Waals surface area contributed by atoms with E-state index in [0.29, 0.717) is 0 Å². The molecule has 0 fully saturated rings. The lowest BCUT2D eigenvalue weighted by atomic mass is 9.95. The van der Waals surface area contributed by atoms with Gasteiger partial charge in [-0.05, 0) is 45.3 Å². The summed E-state index contributed by atoms with van der Waals surface area (Å²) in [5, 5.41) is 5.71. The van der Waals surface area contributed by atoms with E-state index in [4.69, 9.17) is 11.6 Å². The number of halogens is 1. The lowest BCUT2D eigenvalue weighted by Gasteiger charge is -2.11. The molecule has 0 nitrogen and oxygen atoms in total. The molecule has 4 aromatic rings. The minimum Gasteiger partial charge on any atom is -0.0836 e. The topological polar surface area (TPSA) is 0 Å². The summed E-state index contributed by atoms with van der Waals surface area (Å²) < 4.78 is 0. The van der Waals surface area contributed by atoms with Gasteiger partial charge in [0.1, 0.15) is 0 Å². The van der Waals surface area contributed by atoms with Crippen molar-refractivity contribution in [2.45, 2.75) is 0 Å². The van der Waals surface area contributed by atoms with E-state index in [0.717, 1.165) is 16.1 Å². The molecule has 4 rings (SSSR count). The standard InChI is InChI=1S/C20H13Cl/c21-19-11-10-17-12-15-8-4-5-9-16(15)13-18(17)20(19)14-6-2-1-3-7-14/h1-13H. The molecule has 0 aromatic heterocycles. The molecule has 0 N–H and O–H groups in total. The van der Waals surface area contributed by atoms with E-state index in [1.807, 2.05) is 24.3 Å². The Morgan fingerprint density at radius 3 is 2.00 bits per heavy atom. The van der Waals surface area contributed by atoms with Gasteiger partial charge in [0.15, 0.2) is 0 Å². The minimum atomic E-state index is 0.795. The average molecular weight is 289 g/mol. The Kier molecular flexibility index (Phi) is 2.90. The fourth-order valence-corrected chi connectivity index (χ4v) is 3.16. The molecule has 0 heterocycles. The lowest BCUT2D eigenvalue weighted by molar-refractivity contribution is 1.66. The molecular formula is C20H13Cl. The maximum atomic E-state index is 6.49. The largest absolute Gasteiger partial charge is 0.0836 e. The molecule has 0 saturated carbocycles. The Bertz CT molecular complexity index is 940. The summed E-state index contributed by atoms with van der Waals surface area (Å²) in [5.74, 6) is 0. The smallest absolute Gasteiger partial charge is 0.0490 e. The van der Waals surface area contributed by atoms with Crippen LogP contribution in [0.2, 0.25) is 5.02 Å². The summed E-state index contributed by atoms with van der Waals surface area (Å²) in [4.78, 5) is 0. The predicted molar refractivity (Wildman–Crippen MR) is 91.9 cm³/mol. The Morgan fingerprint density at radius 1 is 0.571 bits per heavy atom. The molecule has 21 heavy (non-hydrogen) atoms. The number of rotatable bonds is 1. The summed E-state index contributed by atoms with van der Waals surface area (Å²) in [7, 11) is 0. The van der Waals surface area contributed by atoms with Crippen LogP contribution in [0.4, 0.5) is 0 Å². The Labute approximate surface area is 128 Å². The van der Waals surface area contributed by atoms with E-state index in [9.17, 15) is 0 Å². The SMILES string of the molecule is Clc1ccc2cc3ccccc3cc2c1-c1ccccc1. The molecule has 0 amide bonds. The minimum absolute atomic E-state index is 0.795. The van der Waals surface area contributed by atoms with Gasteiger partial charge in [-0.3, -0.25) is 0 Å². The number of benzene rings is 4. The second kappa shape index (κ2) is 4.91. The number of hydrogen-bond donors (Lipinski definition) is 0. The number of fused-ring (bicyclic) bond motifs is 2. The van der Waals surface area contributed by atoms with Crippen molar-refractivity contribution in [1.29, 1.82) is 0 Å². The van der Waals surface area contributed by atoms with E-state index in [1.165, 1.54) is 21.5 Å². The zero-order chi connectivity index (χ0) is 14.2. The average Bonchev–Trinajstić information content (AvgIpc) is 2.54. The van der Waals surface area contributed by atoms with Gasteiger partial charge in [-0.1, -0.05) is 72.3 Å². The molecule has 0 saturated heterocycles. The van der Waals surface area contributed by atoms with Crippen LogP contribution in [0.3, 0.4) is 0 Å². The van der Waals surface area contributed by atoms with Gasteiger partial charge < -0.3 is 0 Å². The van der Waals surface area contributed by atoms with Crippen molar-refractivity contribution in [3.63, 3.8) is 0 Å². The van der Waals surface area contributed by atoms with E-state index in [1.54, 1.807) is 0 Å². The van der Waals surface area contributed by atoms with Crippen LogP contribution < -0.4 is 0 Å². The molecule has 0 aliphatic carbocycles. The van der Waals surface area contributed by atoms with Crippen LogP contribution in [0, 0.1) is 0 Å². The molecule has 0 atom stereocenters. The maximum absolute atomic E-state index is 6.49. The monoisotopic (exact) mass is 288 g/mol. The van der Waals surface area contributed by atoms with Crippen LogP contribution in [-0.4, -0.2) is 0 Å². The van der Waals surface area contributed by atoms with E-state index in [2.05, 4.69) is 54.6 Å². The quantitative estimate of drug-likeness (QED) is 0.360. The highest BCUT2D eigenvalue weighted by Crippen LogP contribution is 2.36. The highest BCUT2D eigenvalue weighted by Gasteiger charge is 2.09. The number of hydrogen-bond acceptors (Lipinski definition) is 0. The summed E-state index contributed by atoms with van der Waals surface area (Å²) in [6, 6.07) is 27.3. The highest BCUT2D eigenvalue weighted by molar-refractivity contribution is 6.35. The van der Waals surface area contributed by atoms with Gasteiger partial charge in [-0.15, -0.1) is 0 Å². The summed E-state index contributed by atoms with van der Waals surface area (Å²) in [5.41, 5.74) is 2.27. The van der Waals surface area contributed by atoms with Crippen LogP contribution in [0.25, 0.3) is 32.7 Å². The van der Waals surface area contributed by atoms with Crippen LogP contribution in [0.5, 0.6) is 0 Å². The van der Waals surface area contributed by atoms with Crippen LogP contribution >= 0.6 is 11.6 Å². The maximum Gasteiger partial charge on any atom is 0.0490 e. The first-order valence-corrected chi connectivity index (χ1v) is 7.37. The van der Waals surface area contributed by atoms with Crippen molar-refractivity contribution < 1.29 is 0 Å². The van der Waals surface area contributed by atoms with Gasteiger partial charge in [0.2, 0.25) is 0 Å². The van der Waals surface area contributed by atoms with Gasteiger partial charge in [0.25, 0.3) is 0 Å². The normalized spacial score (nSPS) is 11.1. The second-order valence-electron chi connectivity index (χ2n) is 5.21. The fraction of sp³-hybridized carbons (Fsp3) is 0. The highest BCUT2D eigenvalue weighted by atomic mass is 35.5. The third-order valence-electron chi connectivity index (χ3n) is 3.90. The van der Waals surface area contributed by atoms with E-state index >= 15 is 0 Å². The Balaban J connectivity index is 2.14. The van der Waals surface area contributed by atoms with Gasteiger partial charge in [-0.2, -0.15) is 0 Å². The summed E-state index contributed by atoms with van der Waals surface area (Å²) in [6.07, 6.45) is 0. The van der Waals surface area contributed by atoms with Crippen LogP contribution in [0.1, 0.15) is 0 Å². The second-order valence-corrected chi connectivity index (χ2v) is 5.62. The zero-order valence-electron chi connectivity index (χ0n) is 11.4. The third kappa shape index (κ3) is 2.09. The fourth-order valence-electron chi connectivity index (χ4n) is 2.89. The lowest BCUT2D eigenvalue weighted by Crippen LogP contribution is -1.84. The van der Waals surface area contributed by atoms with Crippen molar-refractivity contribution in [3.8, 4) is 11.1 Å².